The summed E-state index contributed by atoms with van der Waals surface area (Å²) in [5.41, 5.74) is 0.708. The molecule has 1 fully saturated rings. The molecule has 0 aromatic heterocycles. The number of ether oxygens (including phenoxy) is 5. The summed E-state index contributed by atoms with van der Waals surface area (Å²) in [5, 5.41) is 0. The maximum Gasteiger partial charge on any atom is 0.340 e. The molecule has 190 valence electrons. The average Bonchev–Trinajstić information content (AvgIpc) is 3.23. The Hall–Kier alpha value is -4.50. The molecule has 0 unspecified atom stereocenters. The highest BCUT2D eigenvalue weighted by atomic mass is 16.8. The lowest BCUT2D eigenvalue weighted by molar-refractivity contribution is -0.157. The summed E-state index contributed by atoms with van der Waals surface area (Å²) >= 11 is 0. The molecule has 1 aliphatic heterocycles. The third kappa shape index (κ3) is 6.59. The molecule has 0 bridgehead atoms. The molecule has 0 saturated carbocycles. The van der Waals surface area contributed by atoms with Crippen LogP contribution < -0.4 is 0 Å². The standard InChI is InChI=1S/C28H24O9/c1-18(29)33-17-22-23(35-25(30)19-11-5-2-6-12-19)24(36-26(31)20-13-7-3-8-14-20)28(34-22)37-27(32)21-15-9-4-10-16-21/h2-16,22-24,28H,17H2,1H3/t22-,23-,24+,28-/m1/s1. The summed E-state index contributed by atoms with van der Waals surface area (Å²) in [7, 11) is 0. The maximum atomic E-state index is 12.9. The molecule has 0 amide bonds. The number of carbonyl (C=O) groups is 4. The summed E-state index contributed by atoms with van der Waals surface area (Å²) in [6.45, 7) is 0.876. The summed E-state index contributed by atoms with van der Waals surface area (Å²) in [6, 6.07) is 24.5. The number of benzene rings is 3. The van der Waals surface area contributed by atoms with E-state index in [0.717, 1.165) is 0 Å². The van der Waals surface area contributed by atoms with Crippen LogP contribution in [0.2, 0.25) is 0 Å². The van der Waals surface area contributed by atoms with E-state index in [9.17, 15) is 19.2 Å². The molecule has 1 heterocycles. The van der Waals surface area contributed by atoms with Crippen molar-refractivity contribution in [3.05, 3.63) is 108 Å². The molecule has 0 N–H and O–H groups in total. The van der Waals surface area contributed by atoms with Gasteiger partial charge in [0.1, 0.15) is 12.7 Å². The first kappa shape index (κ1) is 25.6. The Bertz CT molecular complexity index is 1230. The van der Waals surface area contributed by atoms with E-state index in [1.54, 1.807) is 91.0 Å². The van der Waals surface area contributed by atoms with Crippen molar-refractivity contribution in [1.29, 1.82) is 0 Å². The van der Waals surface area contributed by atoms with Crippen molar-refractivity contribution in [2.24, 2.45) is 0 Å². The van der Waals surface area contributed by atoms with Gasteiger partial charge in [0, 0.05) is 6.92 Å². The van der Waals surface area contributed by atoms with Gasteiger partial charge in [-0.3, -0.25) is 4.79 Å². The fourth-order valence-electron chi connectivity index (χ4n) is 3.67. The van der Waals surface area contributed by atoms with Gasteiger partial charge >= 0.3 is 23.9 Å². The van der Waals surface area contributed by atoms with Gasteiger partial charge in [0.15, 0.2) is 6.10 Å². The average molecular weight is 504 g/mol. The van der Waals surface area contributed by atoms with Crippen LogP contribution in [0.5, 0.6) is 0 Å². The topological polar surface area (TPSA) is 114 Å². The highest BCUT2D eigenvalue weighted by Gasteiger charge is 2.52. The van der Waals surface area contributed by atoms with Crippen LogP contribution in [0.15, 0.2) is 91.0 Å². The van der Waals surface area contributed by atoms with E-state index >= 15 is 0 Å². The van der Waals surface area contributed by atoms with E-state index in [1.165, 1.54) is 6.92 Å². The van der Waals surface area contributed by atoms with Gasteiger partial charge < -0.3 is 23.7 Å². The zero-order valence-electron chi connectivity index (χ0n) is 19.9. The van der Waals surface area contributed by atoms with E-state index < -0.39 is 48.5 Å². The molecular weight excluding hydrogens is 480 g/mol. The van der Waals surface area contributed by atoms with E-state index in [1.807, 2.05) is 0 Å². The van der Waals surface area contributed by atoms with Gasteiger partial charge in [-0.2, -0.15) is 0 Å². The number of carbonyl (C=O) groups excluding carboxylic acids is 4. The fourth-order valence-corrected chi connectivity index (χ4v) is 3.67. The van der Waals surface area contributed by atoms with Gasteiger partial charge in [-0.25, -0.2) is 14.4 Å². The van der Waals surface area contributed by atoms with Crippen LogP contribution in [0.25, 0.3) is 0 Å². The van der Waals surface area contributed by atoms with E-state index in [2.05, 4.69) is 0 Å². The summed E-state index contributed by atoms with van der Waals surface area (Å²) in [5.74, 6) is -2.81. The lowest BCUT2D eigenvalue weighted by Gasteiger charge is -2.24. The third-order valence-corrected chi connectivity index (χ3v) is 5.46. The van der Waals surface area contributed by atoms with Crippen LogP contribution in [0.3, 0.4) is 0 Å². The second kappa shape index (κ2) is 12.0. The molecule has 3 aromatic rings. The van der Waals surface area contributed by atoms with Crippen LogP contribution in [-0.2, 0) is 28.5 Å². The lowest BCUT2D eigenvalue weighted by atomic mass is 10.1. The highest BCUT2D eigenvalue weighted by Crippen LogP contribution is 2.30. The predicted molar refractivity (Wildman–Crippen MR) is 128 cm³/mol. The molecule has 9 heteroatoms. The van der Waals surface area contributed by atoms with Crippen molar-refractivity contribution in [2.75, 3.05) is 6.61 Å². The summed E-state index contributed by atoms with van der Waals surface area (Å²) in [4.78, 5) is 50.1. The Labute approximate surface area is 212 Å². The monoisotopic (exact) mass is 504 g/mol. The van der Waals surface area contributed by atoms with Crippen LogP contribution in [0.1, 0.15) is 38.0 Å². The molecule has 1 saturated heterocycles. The molecule has 37 heavy (non-hydrogen) atoms. The highest BCUT2D eigenvalue weighted by molar-refractivity contribution is 5.91. The minimum atomic E-state index is -1.45. The van der Waals surface area contributed by atoms with E-state index in [0.29, 0.717) is 0 Å². The second-order valence-electron chi connectivity index (χ2n) is 8.09. The van der Waals surface area contributed by atoms with Crippen molar-refractivity contribution in [1.82, 2.24) is 0 Å². The van der Waals surface area contributed by atoms with E-state index in [-0.39, 0.29) is 23.3 Å². The van der Waals surface area contributed by atoms with Crippen molar-refractivity contribution in [3.8, 4) is 0 Å². The predicted octanol–water partition coefficient (Wildman–Crippen LogP) is 3.58. The molecule has 0 radical (unpaired) electrons. The number of hydrogen-bond donors (Lipinski definition) is 0. The minimum absolute atomic E-state index is 0.229. The normalized spacial score (nSPS) is 20.5. The first-order valence-electron chi connectivity index (χ1n) is 11.5. The molecule has 4 rings (SSSR count). The molecule has 9 nitrogen and oxygen atoms in total. The van der Waals surface area contributed by atoms with Gasteiger partial charge in [-0.05, 0) is 36.4 Å². The van der Waals surface area contributed by atoms with E-state index in [4.69, 9.17) is 23.7 Å². The smallest absolute Gasteiger partial charge is 0.340 e. The van der Waals surface area contributed by atoms with Crippen molar-refractivity contribution >= 4 is 23.9 Å². The van der Waals surface area contributed by atoms with Crippen molar-refractivity contribution in [2.45, 2.75) is 31.5 Å². The molecule has 0 aliphatic carbocycles. The number of esters is 4. The maximum absolute atomic E-state index is 12.9. The van der Waals surface area contributed by atoms with Gasteiger partial charge in [-0.1, -0.05) is 54.6 Å². The summed E-state index contributed by atoms with van der Waals surface area (Å²) < 4.78 is 27.8. The van der Waals surface area contributed by atoms with Gasteiger partial charge in [-0.15, -0.1) is 0 Å². The molecular formula is C28H24O9. The zero-order valence-corrected chi connectivity index (χ0v) is 19.9. The van der Waals surface area contributed by atoms with Crippen molar-refractivity contribution in [3.63, 3.8) is 0 Å². The first-order valence-corrected chi connectivity index (χ1v) is 11.5. The minimum Gasteiger partial charge on any atom is -0.463 e. The molecule has 4 atom stereocenters. The quantitative estimate of drug-likeness (QED) is 0.335. The first-order chi connectivity index (χ1) is 17.9. The molecule has 1 aliphatic rings. The summed E-state index contributed by atoms with van der Waals surface area (Å²) in [6.07, 6.45) is -5.14. The second-order valence-corrected chi connectivity index (χ2v) is 8.09. The zero-order chi connectivity index (χ0) is 26.2. The SMILES string of the molecule is CC(=O)OC[C@H]1O[C@H](OC(=O)c2ccccc2)[C@@H](OC(=O)c2ccccc2)[C@@H]1OC(=O)c1ccccc1. The Kier molecular flexibility index (Phi) is 8.27. The van der Waals surface area contributed by atoms with Crippen molar-refractivity contribution < 1.29 is 42.9 Å². The van der Waals surface area contributed by atoms with Gasteiger partial charge in [0.25, 0.3) is 0 Å². The number of hydrogen-bond acceptors (Lipinski definition) is 9. The Morgan fingerprint density at radius 2 is 1.03 bits per heavy atom. The Balaban J connectivity index is 1.63. The molecule has 3 aromatic carbocycles. The number of rotatable bonds is 8. The fraction of sp³-hybridized carbons (Fsp3) is 0.214. The molecule has 0 spiro atoms. The lowest BCUT2D eigenvalue weighted by Crippen LogP contribution is -2.42. The Morgan fingerprint density at radius 1 is 0.622 bits per heavy atom. The van der Waals surface area contributed by atoms with Crippen LogP contribution in [0.4, 0.5) is 0 Å². The van der Waals surface area contributed by atoms with Crippen LogP contribution >= 0.6 is 0 Å². The van der Waals surface area contributed by atoms with Gasteiger partial charge in [0.05, 0.1) is 16.7 Å². The Morgan fingerprint density at radius 3 is 1.46 bits per heavy atom. The van der Waals surface area contributed by atoms with Gasteiger partial charge in [0.2, 0.25) is 12.4 Å². The van der Waals surface area contributed by atoms with Crippen LogP contribution in [-0.4, -0.2) is 55.1 Å². The third-order valence-electron chi connectivity index (χ3n) is 5.46. The van der Waals surface area contributed by atoms with Crippen LogP contribution in [0, 0.1) is 0 Å². The largest absolute Gasteiger partial charge is 0.463 e.